The number of unbranched alkanes of at least 4 members (excludes halogenated alkanes) is 25. The van der Waals surface area contributed by atoms with Crippen molar-refractivity contribution in [3.63, 3.8) is 0 Å². The average molecular weight is 866 g/mol. The molecule has 0 heterocycles. The van der Waals surface area contributed by atoms with Crippen molar-refractivity contribution in [2.75, 3.05) is 26.4 Å². The fraction of sp³-hybridized carbons (Fsp3) is 0.800. The molecule has 2 atom stereocenters. The average Bonchev–Trinajstić information content (AvgIpc) is 3.24. The van der Waals surface area contributed by atoms with Crippen molar-refractivity contribution in [3.05, 3.63) is 48.6 Å². The summed E-state index contributed by atoms with van der Waals surface area (Å²) in [7, 11) is -4.37. The number of carbonyl (C=O) groups is 2. The quantitative estimate of drug-likeness (QED) is 0.0265. The van der Waals surface area contributed by atoms with Crippen LogP contribution >= 0.6 is 7.82 Å². The maximum Gasteiger partial charge on any atom is 0.472 e. The maximum atomic E-state index is 12.6. The summed E-state index contributed by atoms with van der Waals surface area (Å²) in [5, 5.41) is 0. The van der Waals surface area contributed by atoms with Crippen LogP contribution < -0.4 is 5.73 Å². The van der Waals surface area contributed by atoms with Crippen molar-refractivity contribution in [3.8, 4) is 0 Å². The zero-order valence-corrected chi connectivity index (χ0v) is 39.6. The fourth-order valence-electron chi connectivity index (χ4n) is 6.86. The number of phosphoric ester groups is 1. The Morgan fingerprint density at radius 2 is 0.917 bits per heavy atom. The summed E-state index contributed by atoms with van der Waals surface area (Å²) < 4.78 is 32.8. The van der Waals surface area contributed by atoms with Crippen LogP contribution in [-0.2, 0) is 32.7 Å². The molecule has 350 valence electrons. The molecule has 0 fully saturated rings. The van der Waals surface area contributed by atoms with E-state index >= 15 is 0 Å². The van der Waals surface area contributed by atoms with E-state index in [0.29, 0.717) is 6.42 Å². The summed E-state index contributed by atoms with van der Waals surface area (Å²) >= 11 is 0. The first kappa shape index (κ1) is 58.0. The Kier molecular flexibility index (Phi) is 44.9. The normalized spacial score (nSPS) is 13.6. The van der Waals surface area contributed by atoms with E-state index in [-0.39, 0.29) is 38.6 Å². The van der Waals surface area contributed by atoms with Crippen LogP contribution in [0.5, 0.6) is 0 Å². The predicted molar refractivity (Wildman–Crippen MR) is 252 cm³/mol. The maximum absolute atomic E-state index is 12.6. The highest BCUT2D eigenvalue weighted by molar-refractivity contribution is 7.47. The molecule has 10 heteroatoms. The number of hydrogen-bond donors (Lipinski definition) is 2. The Hall–Kier alpha value is -2.03. The highest BCUT2D eigenvalue weighted by atomic mass is 31.2. The van der Waals surface area contributed by atoms with Gasteiger partial charge >= 0.3 is 19.8 Å². The number of allylic oxidation sites excluding steroid dienone is 8. The molecule has 0 saturated heterocycles. The Morgan fingerprint density at radius 3 is 1.37 bits per heavy atom. The lowest BCUT2D eigenvalue weighted by atomic mass is 10.0. The largest absolute Gasteiger partial charge is 0.472 e. The molecule has 0 spiro atoms. The van der Waals surface area contributed by atoms with E-state index in [1.807, 2.05) is 0 Å². The lowest BCUT2D eigenvalue weighted by Gasteiger charge is -2.19. The van der Waals surface area contributed by atoms with Gasteiger partial charge in [-0.25, -0.2) is 4.57 Å². The van der Waals surface area contributed by atoms with Gasteiger partial charge in [-0.3, -0.25) is 18.6 Å². The van der Waals surface area contributed by atoms with Crippen LogP contribution in [0.2, 0.25) is 0 Å². The lowest BCUT2D eigenvalue weighted by Crippen LogP contribution is -2.29. The van der Waals surface area contributed by atoms with E-state index < -0.39 is 26.5 Å². The number of hydrogen-bond acceptors (Lipinski definition) is 8. The summed E-state index contributed by atoms with van der Waals surface area (Å²) in [5.41, 5.74) is 5.35. The summed E-state index contributed by atoms with van der Waals surface area (Å²) in [6.45, 7) is 3.62. The van der Waals surface area contributed by atoms with Gasteiger partial charge in [-0.2, -0.15) is 0 Å². The van der Waals surface area contributed by atoms with Gasteiger partial charge in [0.15, 0.2) is 6.10 Å². The van der Waals surface area contributed by atoms with Gasteiger partial charge in [0.05, 0.1) is 13.2 Å². The molecule has 60 heavy (non-hydrogen) atoms. The molecule has 2 unspecified atom stereocenters. The van der Waals surface area contributed by atoms with Crippen LogP contribution in [0.1, 0.15) is 226 Å². The molecule has 0 saturated carbocycles. The van der Waals surface area contributed by atoms with Gasteiger partial charge < -0.3 is 20.1 Å². The molecule has 3 N–H and O–H groups in total. The molecule has 9 nitrogen and oxygen atoms in total. The third-order valence-corrected chi connectivity index (χ3v) is 11.5. The minimum absolute atomic E-state index is 0.0543. The minimum Gasteiger partial charge on any atom is -0.462 e. The summed E-state index contributed by atoms with van der Waals surface area (Å²) in [4.78, 5) is 34.9. The topological polar surface area (TPSA) is 134 Å². The molecular formula is C50H92NO8P. The van der Waals surface area contributed by atoms with Gasteiger partial charge in [0.1, 0.15) is 6.61 Å². The molecule has 0 aliphatic heterocycles. The van der Waals surface area contributed by atoms with Gasteiger partial charge in [0, 0.05) is 19.4 Å². The van der Waals surface area contributed by atoms with Gasteiger partial charge in [-0.15, -0.1) is 0 Å². The van der Waals surface area contributed by atoms with E-state index in [4.69, 9.17) is 24.3 Å². The number of ether oxygens (including phenoxy) is 2. The minimum atomic E-state index is -4.37. The molecule has 0 radical (unpaired) electrons. The number of phosphoric acid groups is 1. The number of nitrogens with two attached hydrogens (primary N) is 1. The summed E-state index contributed by atoms with van der Waals surface area (Å²) in [6, 6.07) is 0. The zero-order valence-electron chi connectivity index (χ0n) is 38.7. The molecule has 0 aromatic heterocycles. The van der Waals surface area contributed by atoms with Gasteiger partial charge in [-0.05, 0) is 51.4 Å². The first-order chi connectivity index (χ1) is 29.3. The number of carbonyl (C=O) groups excluding carboxylic acids is 2. The molecule has 0 aromatic rings. The molecular weight excluding hydrogens is 774 g/mol. The number of rotatable bonds is 46. The third-order valence-electron chi connectivity index (χ3n) is 10.5. The van der Waals surface area contributed by atoms with E-state index in [9.17, 15) is 19.0 Å². The lowest BCUT2D eigenvalue weighted by molar-refractivity contribution is -0.161. The van der Waals surface area contributed by atoms with Crippen LogP contribution in [0.3, 0.4) is 0 Å². The van der Waals surface area contributed by atoms with Crippen molar-refractivity contribution in [1.29, 1.82) is 0 Å². The van der Waals surface area contributed by atoms with Crippen molar-refractivity contribution in [1.82, 2.24) is 0 Å². The summed E-state index contributed by atoms with van der Waals surface area (Å²) in [6.07, 6.45) is 54.5. The molecule has 0 aliphatic rings. The van der Waals surface area contributed by atoms with Crippen LogP contribution in [0.25, 0.3) is 0 Å². The van der Waals surface area contributed by atoms with Crippen molar-refractivity contribution in [2.45, 2.75) is 232 Å². The first-order valence-corrected chi connectivity index (χ1v) is 26.1. The number of esters is 2. The second-order valence-electron chi connectivity index (χ2n) is 16.3. The standard InChI is InChI=1S/C50H92NO8P/c1-3-5-7-9-11-13-15-16-17-18-19-20-21-22-23-24-25-26-27-28-29-30-31-32-33-35-37-39-41-43-50(53)59-48(47-58-60(54,55)57-45-44-51)46-56-49(52)42-40-38-36-34-14-12-10-8-6-4-2/h5,7,11,13,16-17,19-20,48H,3-4,6,8-10,12,14-15,18,21-47,51H2,1-2H3,(H,54,55)/b7-5-,13-11-,17-16-,20-19-. The molecule has 0 bridgehead atoms. The molecule has 0 aromatic carbocycles. The van der Waals surface area contributed by atoms with Crippen LogP contribution in [0.15, 0.2) is 48.6 Å². The van der Waals surface area contributed by atoms with Crippen molar-refractivity contribution >= 4 is 19.8 Å². The van der Waals surface area contributed by atoms with E-state index in [0.717, 1.165) is 64.2 Å². The molecule has 0 amide bonds. The Balaban J connectivity index is 3.90. The third kappa shape index (κ3) is 45.5. The predicted octanol–water partition coefficient (Wildman–Crippen LogP) is 14.7. The van der Waals surface area contributed by atoms with Crippen LogP contribution in [0, 0.1) is 0 Å². The SMILES string of the molecule is CC/C=C\C/C=C\C/C=C\C/C=C\CCCCCCCCCCCCCCCCCCC(=O)OC(COC(=O)CCCCCCCCCCCC)COP(=O)(O)OCCN. The fourth-order valence-corrected chi connectivity index (χ4v) is 7.63. The first-order valence-electron chi connectivity index (χ1n) is 24.6. The Bertz CT molecular complexity index is 1120. The Morgan fingerprint density at radius 1 is 0.517 bits per heavy atom. The smallest absolute Gasteiger partial charge is 0.462 e. The van der Waals surface area contributed by atoms with Gasteiger partial charge in [0.25, 0.3) is 0 Å². The van der Waals surface area contributed by atoms with E-state index in [2.05, 4.69) is 62.5 Å². The van der Waals surface area contributed by atoms with Crippen molar-refractivity contribution in [2.24, 2.45) is 5.73 Å². The van der Waals surface area contributed by atoms with Crippen LogP contribution in [0.4, 0.5) is 0 Å². The van der Waals surface area contributed by atoms with Crippen LogP contribution in [-0.4, -0.2) is 49.3 Å². The van der Waals surface area contributed by atoms with Gasteiger partial charge in [0.2, 0.25) is 0 Å². The van der Waals surface area contributed by atoms with E-state index in [1.54, 1.807) is 0 Å². The second kappa shape index (κ2) is 46.5. The van der Waals surface area contributed by atoms with Gasteiger partial charge in [-0.1, -0.05) is 210 Å². The Labute approximate surface area is 368 Å². The van der Waals surface area contributed by atoms with Crippen molar-refractivity contribution < 1.29 is 37.6 Å². The highest BCUT2D eigenvalue weighted by Crippen LogP contribution is 2.43. The second-order valence-corrected chi connectivity index (χ2v) is 17.8. The molecule has 0 aliphatic carbocycles. The van der Waals surface area contributed by atoms with E-state index in [1.165, 1.54) is 128 Å². The zero-order chi connectivity index (χ0) is 43.9. The monoisotopic (exact) mass is 866 g/mol. The highest BCUT2D eigenvalue weighted by Gasteiger charge is 2.26. The summed E-state index contributed by atoms with van der Waals surface area (Å²) in [5.74, 6) is -0.823. The molecule has 0 rings (SSSR count).